The van der Waals surface area contributed by atoms with Gasteiger partial charge in [0.1, 0.15) is 11.8 Å². The fourth-order valence-corrected chi connectivity index (χ4v) is 5.65. The molecule has 1 aliphatic heterocycles. The minimum absolute atomic E-state index is 0.147. The Balaban J connectivity index is 1.35. The average molecular weight is 524 g/mol. The van der Waals surface area contributed by atoms with Crippen LogP contribution < -0.4 is 4.74 Å². The van der Waals surface area contributed by atoms with E-state index in [1.54, 1.807) is 29.5 Å². The highest BCUT2D eigenvalue weighted by atomic mass is 35.5. The van der Waals surface area contributed by atoms with E-state index in [9.17, 15) is 4.79 Å². The van der Waals surface area contributed by atoms with Gasteiger partial charge in [-0.3, -0.25) is 9.20 Å². The number of amides is 1. The maximum Gasteiger partial charge on any atom is 0.261 e. The number of carbonyl (C=O) groups is 1. The van der Waals surface area contributed by atoms with Gasteiger partial charge in [0, 0.05) is 41.3 Å². The van der Waals surface area contributed by atoms with Crippen molar-refractivity contribution in [2.45, 2.75) is 12.5 Å². The van der Waals surface area contributed by atoms with Gasteiger partial charge >= 0.3 is 0 Å². The number of hydrogen-bond acceptors (Lipinski definition) is 5. The maximum atomic E-state index is 13.5. The van der Waals surface area contributed by atoms with Crippen molar-refractivity contribution in [3.8, 4) is 11.4 Å². The van der Waals surface area contributed by atoms with Crippen LogP contribution in [-0.2, 0) is 11.2 Å². The normalized spacial score (nSPS) is 15.4. The molecule has 2 aromatic carbocycles. The van der Waals surface area contributed by atoms with Crippen LogP contribution >= 0.6 is 34.5 Å². The second kappa shape index (κ2) is 9.03. The van der Waals surface area contributed by atoms with Crippen LogP contribution in [-0.4, -0.2) is 43.1 Å². The molecule has 1 unspecified atom stereocenters. The van der Waals surface area contributed by atoms with Gasteiger partial charge in [0.05, 0.1) is 28.3 Å². The quantitative estimate of drug-likeness (QED) is 0.307. The standard InChI is InChI=1S/C25H19Cl2N5O2S/c26-17-6-7-21(19(27)12-17)34-15-22(33)30-9-8-20-24(31-10-11-35-25(31)29-20)23(30)16-13-28-32(14-16)18-4-2-1-3-5-18/h1-7,10-14,23H,8-9,15H2. The molecule has 0 saturated heterocycles. The molecule has 1 amide bonds. The number of hydrogen-bond donors (Lipinski definition) is 0. The van der Waals surface area contributed by atoms with Gasteiger partial charge in [-0.25, -0.2) is 9.67 Å². The van der Waals surface area contributed by atoms with Crippen LogP contribution in [0.2, 0.25) is 10.0 Å². The van der Waals surface area contributed by atoms with Crippen LogP contribution in [0.15, 0.2) is 72.5 Å². The number of nitrogens with zero attached hydrogens (tertiary/aromatic N) is 5. The number of aromatic nitrogens is 4. The van der Waals surface area contributed by atoms with Crippen molar-refractivity contribution in [3.05, 3.63) is 99.5 Å². The maximum absolute atomic E-state index is 13.5. The number of thiazole rings is 1. The molecule has 4 heterocycles. The van der Waals surface area contributed by atoms with Gasteiger partial charge in [-0.2, -0.15) is 5.10 Å². The third-order valence-electron chi connectivity index (χ3n) is 6.04. The Bertz CT molecular complexity index is 1530. The lowest BCUT2D eigenvalue weighted by Gasteiger charge is -2.35. The summed E-state index contributed by atoms with van der Waals surface area (Å²) in [5.74, 6) is 0.268. The van der Waals surface area contributed by atoms with E-state index < -0.39 is 0 Å². The first-order chi connectivity index (χ1) is 17.1. The molecule has 176 valence electrons. The van der Waals surface area contributed by atoms with E-state index >= 15 is 0 Å². The number of imidazole rings is 1. The Morgan fingerprint density at radius 1 is 1.17 bits per heavy atom. The Labute approximate surface area is 215 Å². The molecule has 35 heavy (non-hydrogen) atoms. The summed E-state index contributed by atoms with van der Waals surface area (Å²) in [5, 5.41) is 7.45. The van der Waals surface area contributed by atoms with Crippen LogP contribution in [0, 0.1) is 0 Å². The third-order valence-corrected chi connectivity index (χ3v) is 7.33. The van der Waals surface area contributed by atoms with E-state index in [1.165, 1.54) is 0 Å². The summed E-state index contributed by atoms with van der Waals surface area (Å²) < 4.78 is 9.68. The lowest BCUT2D eigenvalue weighted by molar-refractivity contribution is -0.135. The van der Waals surface area contributed by atoms with Crippen molar-refractivity contribution in [1.29, 1.82) is 0 Å². The summed E-state index contributed by atoms with van der Waals surface area (Å²) in [6, 6.07) is 14.5. The minimum atomic E-state index is -0.349. The van der Waals surface area contributed by atoms with E-state index in [0.717, 1.165) is 27.6 Å². The zero-order chi connectivity index (χ0) is 23.9. The summed E-state index contributed by atoms with van der Waals surface area (Å²) in [6.45, 7) is 0.376. The molecule has 0 aliphatic carbocycles. The predicted molar refractivity (Wildman–Crippen MR) is 136 cm³/mol. The van der Waals surface area contributed by atoms with Crippen molar-refractivity contribution in [1.82, 2.24) is 24.1 Å². The average Bonchev–Trinajstić information content (AvgIpc) is 3.60. The van der Waals surface area contributed by atoms with Crippen molar-refractivity contribution in [3.63, 3.8) is 0 Å². The molecule has 0 saturated carbocycles. The van der Waals surface area contributed by atoms with Crippen LogP contribution in [0.4, 0.5) is 0 Å². The number of halogens is 2. The topological polar surface area (TPSA) is 64.7 Å². The third kappa shape index (κ3) is 4.07. The first-order valence-electron chi connectivity index (χ1n) is 11.0. The van der Waals surface area contributed by atoms with Crippen LogP contribution in [0.25, 0.3) is 10.6 Å². The van der Waals surface area contributed by atoms with Crippen LogP contribution in [0.3, 0.4) is 0 Å². The fraction of sp³-hybridized carbons (Fsp3) is 0.160. The van der Waals surface area contributed by atoms with Crippen molar-refractivity contribution >= 4 is 45.4 Å². The number of rotatable bonds is 5. The van der Waals surface area contributed by atoms with Crippen molar-refractivity contribution in [2.24, 2.45) is 0 Å². The summed E-state index contributed by atoms with van der Waals surface area (Å²) >= 11 is 13.8. The number of carbonyl (C=O) groups excluding carboxylic acids is 1. The monoisotopic (exact) mass is 523 g/mol. The van der Waals surface area contributed by atoms with Gasteiger partial charge in [0.25, 0.3) is 5.91 Å². The highest BCUT2D eigenvalue weighted by Crippen LogP contribution is 2.37. The highest BCUT2D eigenvalue weighted by molar-refractivity contribution is 7.15. The molecule has 6 rings (SSSR count). The molecule has 3 aromatic heterocycles. The summed E-state index contributed by atoms with van der Waals surface area (Å²) in [5.41, 5.74) is 3.83. The predicted octanol–water partition coefficient (Wildman–Crippen LogP) is 5.44. The van der Waals surface area contributed by atoms with Gasteiger partial charge in [0.2, 0.25) is 0 Å². The molecule has 0 spiro atoms. The lowest BCUT2D eigenvalue weighted by Crippen LogP contribution is -2.43. The zero-order valence-corrected chi connectivity index (χ0v) is 20.7. The summed E-state index contributed by atoms with van der Waals surface area (Å²) in [7, 11) is 0. The Morgan fingerprint density at radius 2 is 2.03 bits per heavy atom. The SMILES string of the molecule is O=C(COc1ccc(Cl)cc1Cl)N1CCc2nc3sccn3c2C1c1cnn(-c2ccccc2)c1. The number of fused-ring (bicyclic) bond motifs is 3. The molecule has 0 radical (unpaired) electrons. The first kappa shape index (κ1) is 22.2. The van der Waals surface area contributed by atoms with Gasteiger partial charge < -0.3 is 9.64 Å². The Hall–Kier alpha value is -3.33. The largest absolute Gasteiger partial charge is 0.482 e. The molecule has 0 fully saturated rings. The van der Waals surface area contributed by atoms with Crippen LogP contribution in [0.1, 0.15) is 23.0 Å². The molecular formula is C25H19Cl2N5O2S. The second-order valence-electron chi connectivity index (χ2n) is 8.16. The molecule has 5 aromatic rings. The number of benzene rings is 2. The minimum Gasteiger partial charge on any atom is -0.482 e. The van der Waals surface area contributed by atoms with Crippen molar-refractivity contribution in [2.75, 3.05) is 13.2 Å². The van der Waals surface area contributed by atoms with Gasteiger partial charge in [0.15, 0.2) is 11.6 Å². The van der Waals surface area contributed by atoms with E-state index in [0.29, 0.717) is 28.8 Å². The second-order valence-corrected chi connectivity index (χ2v) is 9.87. The Kier molecular flexibility index (Phi) is 5.72. The summed E-state index contributed by atoms with van der Waals surface area (Å²) in [4.78, 5) is 21.1. The molecule has 1 aliphatic rings. The smallest absolute Gasteiger partial charge is 0.261 e. The Morgan fingerprint density at radius 3 is 2.86 bits per heavy atom. The van der Waals surface area contributed by atoms with Gasteiger partial charge in [-0.15, -0.1) is 11.3 Å². The number of para-hydroxylation sites is 1. The van der Waals surface area contributed by atoms with E-state index in [1.807, 2.05) is 63.9 Å². The van der Waals surface area contributed by atoms with Crippen molar-refractivity contribution < 1.29 is 9.53 Å². The number of ether oxygens (including phenoxy) is 1. The zero-order valence-electron chi connectivity index (χ0n) is 18.3. The summed E-state index contributed by atoms with van der Waals surface area (Å²) in [6.07, 6.45) is 6.45. The molecule has 0 N–H and O–H groups in total. The van der Waals surface area contributed by atoms with Gasteiger partial charge in [-0.1, -0.05) is 41.4 Å². The van der Waals surface area contributed by atoms with E-state index in [4.69, 9.17) is 32.9 Å². The fourth-order valence-electron chi connectivity index (χ4n) is 4.45. The molecular weight excluding hydrogens is 505 g/mol. The highest BCUT2D eigenvalue weighted by Gasteiger charge is 2.36. The molecule has 7 nitrogen and oxygen atoms in total. The molecule has 0 bridgehead atoms. The van der Waals surface area contributed by atoms with E-state index in [-0.39, 0.29) is 18.6 Å². The van der Waals surface area contributed by atoms with Gasteiger partial charge in [-0.05, 0) is 30.3 Å². The first-order valence-corrected chi connectivity index (χ1v) is 12.6. The molecule has 1 atom stereocenters. The van der Waals surface area contributed by atoms with Crippen LogP contribution in [0.5, 0.6) is 5.75 Å². The molecule has 10 heteroatoms. The van der Waals surface area contributed by atoms with E-state index in [2.05, 4.69) is 9.50 Å². The lowest BCUT2D eigenvalue weighted by atomic mass is 9.97.